The smallest absolute Gasteiger partial charge is 0.163 e. The van der Waals surface area contributed by atoms with Gasteiger partial charge in [-0.2, -0.15) is 5.26 Å². The van der Waals surface area contributed by atoms with Gasteiger partial charge >= 0.3 is 0 Å². The van der Waals surface area contributed by atoms with Crippen molar-refractivity contribution in [2.24, 2.45) is 0 Å². The highest BCUT2D eigenvalue weighted by molar-refractivity contribution is 5.64. The van der Waals surface area contributed by atoms with Gasteiger partial charge in [0, 0.05) is 18.3 Å². The molecule has 1 heterocycles. The van der Waals surface area contributed by atoms with Crippen molar-refractivity contribution in [3.63, 3.8) is 0 Å². The third-order valence-electron chi connectivity index (χ3n) is 2.19. The van der Waals surface area contributed by atoms with Crippen LogP contribution in [0.5, 0.6) is 0 Å². The van der Waals surface area contributed by atoms with Crippen molar-refractivity contribution in [3.8, 4) is 6.07 Å². The molecule has 18 heavy (non-hydrogen) atoms. The molecule has 90 valence electrons. The number of nitrogens with one attached hydrogen (secondary N) is 1. The van der Waals surface area contributed by atoms with Crippen LogP contribution in [0.4, 0.5) is 24.5 Å². The average molecular weight is 249 g/mol. The van der Waals surface area contributed by atoms with Crippen molar-refractivity contribution in [3.05, 3.63) is 53.6 Å². The van der Waals surface area contributed by atoms with Crippen LogP contribution in [0.25, 0.3) is 0 Å². The zero-order valence-corrected chi connectivity index (χ0v) is 8.92. The molecule has 0 aliphatic carbocycles. The maximum atomic E-state index is 13.4. The summed E-state index contributed by atoms with van der Waals surface area (Å²) < 4.78 is 39.1. The lowest BCUT2D eigenvalue weighted by molar-refractivity contribution is 0.496. The summed E-state index contributed by atoms with van der Waals surface area (Å²) in [5.74, 6) is -3.41. The van der Waals surface area contributed by atoms with Crippen LogP contribution in [0, 0.1) is 28.8 Å². The Morgan fingerprint density at radius 2 is 1.78 bits per heavy atom. The van der Waals surface area contributed by atoms with Gasteiger partial charge in [0.25, 0.3) is 0 Å². The average Bonchev–Trinajstić information content (AvgIpc) is 2.36. The van der Waals surface area contributed by atoms with Gasteiger partial charge in [0.1, 0.15) is 11.9 Å². The molecule has 2 rings (SSSR count). The van der Waals surface area contributed by atoms with Crippen LogP contribution in [-0.4, -0.2) is 4.98 Å². The molecule has 0 spiro atoms. The van der Waals surface area contributed by atoms with Crippen molar-refractivity contribution < 1.29 is 13.2 Å². The Balaban J connectivity index is 2.41. The Morgan fingerprint density at radius 3 is 2.50 bits per heavy atom. The van der Waals surface area contributed by atoms with E-state index in [1.807, 2.05) is 0 Å². The molecule has 2 aromatic rings. The highest BCUT2D eigenvalue weighted by Crippen LogP contribution is 2.23. The van der Waals surface area contributed by atoms with Crippen LogP contribution in [0.2, 0.25) is 0 Å². The second-order valence-corrected chi connectivity index (χ2v) is 3.38. The maximum absolute atomic E-state index is 13.4. The van der Waals surface area contributed by atoms with E-state index in [1.165, 1.54) is 18.3 Å². The number of halogens is 3. The first-order chi connectivity index (χ1) is 8.61. The second kappa shape index (κ2) is 4.75. The van der Waals surface area contributed by atoms with E-state index in [4.69, 9.17) is 5.26 Å². The summed E-state index contributed by atoms with van der Waals surface area (Å²) in [4.78, 5) is 3.75. The number of nitrogens with zero attached hydrogens (tertiary/aromatic N) is 2. The number of hydrogen-bond acceptors (Lipinski definition) is 3. The maximum Gasteiger partial charge on any atom is 0.163 e. The molecule has 3 nitrogen and oxygen atoms in total. The van der Waals surface area contributed by atoms with Crippen molar-refractivity contribution in [1.82, 2.24) is 4.98 Å². The monoisotopic (exact) mass is 249 g/mol. The van der Waals surface area contributed by atoms with Gasteiger partial charge in [0.05, 0.1) is 11.4 Å². The van der Waals surface area contributed by atoms with Gasteiger partial charge in [-0.25, -0.2) is 18.2 Å². The molecular formula is C12H6F3N3. The van der Waals surface area contributed by atoms with Crippen LogP contribution in [0.1, 0.15) is 5.69 Å². The lowest BCUT2D eigenvalue weighted by atomic mass is 10.2. The van der Waals surface area contributed by atoms with E-state index in [2.05, 4.69) is 10.3 Å². The minimum Gasteiger partial charge on any atom is -0.351 e. The van der Waals surface area contributed by atoms with E-state index in [0.29, 0.717) is 12.1 Å². The predicted molar refractivity (Wildman–Crippen MR) is 58.6 cm³/mol. The van der Waals surface area contributed by atoms with E-state index < -0.39 is 17.5 Å². The Hall–Kier alpha value is -2.55. The molecular weight excluding hydrogens is 243 g/mol. The zero-order valence-electron chi connectivity index (χ0n) is 8.92. The van der Waals surface area contributed by atoms with Gasteiger partial charge in [-0.15, -0.1) is 0 Å². The third-order valence-corrected chi connectivity index (χ3v) is 2.19. The van der Waals surface area contributed by atoms with Gasteiger partial charge in [-0.05, 0) is 12.1 Å². The van der Waals surface area contributed by atoms with Crippen LogP contribution in [0.15, 0.2) is 30.5 Å². The molecule has 1 aromatic carbocycles. The number of rotatable bonds is 2. The van der Waals surface area contributed by atoms with Crippen LogP contribution < -0.4 is 5.32 Å². The van der Waals surface area contributed by atoms with Gasteiger partial charge in [0.2, 0.25) is 0 Å². The van der Waals surface area contributed by atoms with Gasteiger partial charge in [-0.3, -0.25) is 0 Å². The summed E-state index contributed by atoms with van der Waals surface area (Å²) in [7, 11) is 0. The van der Waals surface area contributed by atoms with E-state index in [0.717, 1.165) is 0 Å². The van der Waals surface area contributed by atoms with Crippen molar-refractivity contribution in [2.45, 2.75) is 0 Å². The first-order valence-electron chi connectivity index (χ1n) is 4.88. The highest BCUT2D eigenvalue weighted by Gasteiger charge is 2.11. The van der Waals surface area contributed by atoms with Crippen LogP contribution in [0.3, 0.4) is 0 Å². The number of aromatic nitrogens is 1. The third kappa shape index (κ3) is 2.25. The van der Waals surface area contributed by atoms with E-state index in [9.17, 15) is 13.2 Å². The second-order valence-electron chi connectivity index (χ2n) is 3.38. The van der Waals surface area contributed by atoms with Gasteiger partial charge in [-0.1, -0.05) is 0 Å². The quantitative estimate of drug-likeness (QED) is 0.832. The van der Waals surface area contributed by atoms with E-state index in [-0.39, 0.29) is 17.1 Å². The first kappa shape index (κ1) is 11.9. The Labute approximate surface area is 101 Å². The molecule has 0 saturated carbocycles. The van der Waals surface area contributed by atoms with Gasteiger partial charge < -0.3 is 5.32 Å². The van der Waals surface area contributed by atoms with Gasteiger partial charge in [0.15, 0.2) is 17.3 Å². The van der Waals surface area contributed by atoms with E-state index >= 15 is 0 Å². The zero-order chi connectivity index (χ0) is 13.1. The summed E-state index contributed by atoms with van der Waals surface area (Å²) in [6.07, 6.45) is 1.39. The largest absolute Gasteiger partial charge is 0.351 e. The normalized spacial score (nSPS) is 9.89. The fraction of sp³-hybridized carbons (Fsp3) is 0. The van der Waals surface area contributed by atoms with Crippen molar-refractivity contribution in [1.29, 1.82) is 5.26 Å². The molecule has 0 bridgehead atoms. The minimum absolute atomic E-state index is 0.0293. The fourth-order valence-electron chi connectivity index (χ4n) is 1.36. The summed E-state index contributed by atoms with van der Waals surface area (Å²) in [6, 6.07) is 5.91. The molecule has 0 amide bonds. The Morgan fingerprint density at radius 1 is 1.06 bits per heavy atom. The molecule has 1 aromatic heterocycles. The molecule has 0 radical (unpaired) electrons. The summed E-state index contributed by atoms with van der Waals surface area (Å²) in [5.41, 5.74) is -0.0232. The van der Waals surface area contributed by atoms with Crippen molar-refractivity contribution in [2.75, 3.05) is 5.32 Å². The van der Waals surface area contributed by atoms with Crippen molar-refractivity contribution >= 4 is 11.4 Å². The Kier molecular flexibility index (Phi) is 3.15. The predicted octanol–water partition coefficient (Wildman–Crippen LogP) is 3.11. The standard InChI is InChI=1S/C12H6F3N3/c13-7-4-9(15)11(5-8(7)14)18-10-2-1-3-17-12(10)6-16/h1-5,18H. The number of benzene rings is 1. The number of hydrogen-bond donors (Lipinski definition) is 1. The molecule has 0 saturated heterocycles. The molecule has 0 atom stereocenters. The summed E-state index contributed by atoms with van der Waals surface area (Å²) in [6.45, 7) is 0. The van der Waals surface area contributed by atoms with Crippen LogP contribution in [-0.2, 0) is 0 Å². The summed E-state index contributed by atoms with van der Waals surface area (Å²) in [5, 5.41) is 11.3. The molecule has 0 unspecified atom stereocenters. The number of anilines is 2. The minimum atomic E-state index is -1.27. The number of pyridine rings is 1. The van der Waals surface area contributed by atoms with Crippen LogP contribution >= 0.6 is 0 Å². The van der Waals surface area contributed by atoms with E-state index in [1.54, 1.807) is 6.07 Å². The molecule has 6 heteroatoms. The fourth-order valence-corrected chi connectivity index (χ4v) is 1.36. The summed E-state index contributed by atoms with van der Waals surface area (Å²) >= 11 is 0. The Bertz CT molecular complexity index is 635. The molecule has 0 aliphatic rings. The highest BCUT2D eigenvalue weighted by atomic mass is 19.2. The lowest BCUT2D eigenvalue weighted by Crippen LogP contribution is -1.99. The lowest BCUT2D eigenvalue weighted by Gasteiger charge is -2.08. The molecule has 0 fully saturated rings. The molecule has 0 aliphatic heterocycles. The molecule has 1 N–H and O–H groups in total. The topological polar surface area (TPSA) is 48.7 Å². The SMILES string of the molecule is N#Cc1ncccc1Nc1cc(F)c(F)cc1F. The number of nitriles is 1. The first-order valence-corrected chi connectivity index (χ1v) is 4.88.